The van der Waals surface area contributed by atoms with Gasteiger partial charge in [-0.1, -0.05) is 12.1 Å². The molecule has 4 aromatic carbocycles. The van der Waals surface area contributed by atoms with Crippen LogP contribution in [0.3, 0.4) is 0 Å². The zero-order chi connectivity index (χ0) is 22.9. The number of anilines is 2. The first-order valence-corrected chi connectivity index (χ1v) is 10.8. The van der Waals surface area contributed by atoms with Crippen molar-refractivity contribution < 1.29 is 9.47 Å². The molecule has 0 aliphatic carbocycles. The van der Waals surface area contributed by atoms with E-state index in [1.165, 1.54) is 12.1 Å². The normalized spacial score (nSPS) is 9.88. The number of nitriles is 2. The highest BCUT2D eigenvalue weighted by Crippen LogP contribution is 2.28. The van der Waals surface area contributed by atoms with Gasteiger partial charge in [0.2, 0.25) is 0 Å². The quantitative estimate of drug-likeness (QED) is 0.277. The number of nitrogens with one attached hydrogen (secondary N) is 2. The second-order valence-corrected chi connectivity index (χ2v) is 7.45. The lowest BCUT2D eigenvalue weighted by atomic mass is 10.2. The van der Waals surface area contributed by atoms with Gasteiger partial charge < -0.3 is 18.9 Å². The van der Waals surface area contributed by atoms with E-state index in [-0.39, 0.29) is 0 Å². The molecule has 6 nitrogen and oxygen atoms in total. The molecular weight excluding hydrogens is 432 g/mol. The summed E-state index contributed by atoms with van der Waals surface area (Å²) in [6, 6.07) is 33.3. The maximum atomic E-state index is 8.89. The standard InChI is InChI=1S/C26H18N4O2S/c27-17-19-7-11-23(12-8-19)31-25-5-1-3-21(15-25)29-33-30-22-4-2-6-26(16-22)32-24-13-9-20(18-28)10-14-24/h1-16,29-30H. The summed E-state index contributed by atoms with van der Waals surface area (Å²) >= 11 is 1.32. The molecule has 0 fully saturated rings. The zero-order valence-corrected chi connectivity index (χ0v) is 18.2. The third-order valence-corrected chi connectivity index (χ3v) is 5.12. The molecule has 4 rings (SSSR count). The molecule has 0 spiro atoms. The molecule has 7 heteroatoms. The van der Waals surface area contributed by atoms with E-state index in [2.05, 4.69) is 21.6 Å². The minimum absolute atomic E-state index is 0.589. The molecule has 0 aliphatic heterocycles. The second kappa shape index (κ2) is 10.6. The summed E-state index contributed by atoms with van der Waals surface area (Å²) in [5.74, 6) is 2.69. The van der Waals surface area contributed by atoms with Gasteiger partial charge in [0, 0.05) is 23.5 Å². The topological polar surface area (TPSA) is 90.1 Å². The van der Waals surface area contributed by atoms with E-state index in [0.717, 1.165) is 11.4 Å². The Balaban J connectivity index is 1.31. The van der Waals surface area contributed by atoms with Crippen molar-refractivity contribution in [3.8, 4) is 35.1 Å². The highest BCUT2D eigenvalue weighted by Gasteiger charge is 2.02. The fourth-order valence-electron chi connectivity index (χ4n) is 2.86. The van der Waals surface area contributed by atoms with E-state index in [9.17, 15) is 0 Å². The van der Waals surface area contributed by atoms with E-state index < -0.39 is 0 Å². The van der Waals surface area contributed by atoms with E-state index >= 15 is 0 Å². The van der Waals surface area contributed by atoms with Gasteiger partial charge in [-0.2, -0.15) is 10.5 Å². The Hall–Kier alpha value is -4.59. The maximum Gasteiger partial charge on any atom is 0.129 e. The van der Waals surface area contributed by atoms with E-state index in [4.69, 9.17) is 20.0 Å². The van der Waals surface area contributed by atoms with Gasteiger partial charge >= 0.3 is 0 Å². The number of hydrogen-bond acceptors (Lipinski definition) is 7. The van der Waals surface area contributed by atoms with Crippen molar-refractivity contribution in [3.63, 3.8) is 0 Å². The Morgan fingerprint density at radius 1 is 0.545 bits per heavy atom. The van der Waals surface area contributed by atoms with Crippen molar-refractivity contribution in [1.82, 2.24) is 0 Å². The van der Waals surface area contributed by atoms with Gasteiger partial charge in [-0.3, -0.25) is 0 Å². The monoisotopic (exact) mass is 450 g/mol. The lowest BCUT2D eigenvalue weighted by Gasteiger charge is -2.11. The largest absolute Gasteiger partial charge is 0.457 e. The zero-order valence-electron chi connectivity index (χ0n) is 17.4. The third kappa shape index (κ3) is 6.20. The van der Waals surface area contributed by atoms with Gasteiger partial charge in [0.25, 0.3) is 0 Å². The smallest absolute Gasteiger partial charge is 0.129 e. The van der Waals surface area contributed by atoms with Crippen LogP contribution in [-0.2, 0) is 0 Å². The van der Waals surface area contributed by atoms with Gasteiger partial charge in [-0.25, -0.2) is 0 Å². The predicted molar refractivity (Wildman–Crippen MR) is 130 cm³/mol. The Kier molecular flexibility index (Phi) is 6.97. The Bertz CT molecular complexity index is 1210. The Morgan fingerprint density at radius 2 is 0.970 bits per heavy atom. The molecule has 0 atom stereocenters. The summed E-state index contributed by atoms with van der Waals surface area (Å²) in [7, 11) is 0. The minimum Gasteiger partial charge on any atom is -0.457 e. The van der Waals surface area contributed by atoms with Gasteiger partial charge in [0.15, 0.2) is 0 Å². The van der Waals surface area contributed by atoms with Crippen LogP contribution in [-0.4, -0.2) is 0 Å². The van der Waals surface area contributed by atoms with Gasteiger partial charge in [0.05, 0.1) is 35.4 Å². The number of benzene rings is 4. The van der Waals surface area contributed by atoms with Gasteiger partial charge in [0.1, 0.15) is 23.0 Å². The first-order chi connectivity index (χ1) is 16.2. The van der Waals surface area contributed by atoms with Crippen LogP contribution in [0.4, 0.5) is 11.4 Å². The average molecular weight is 451 g/mol. The van der Waals surface area contributed by atoms with Crippen LogP contribution in [0.15, 0.2) is 97.1 Å². The number of hydrogen-bond donors (Lipinski definition) is 2. The van der Waals surface area contributed by atoms with Crippen LogP contribution in [0, 0.1) is 22.7 Å². The lowest BCUT2D eigenvalue weighted by Crippen LogP contribution is -1.95. The van der Waals surface area contributed by atoms with Crippen molar-refractivity contribution in [2.75, 3.05) is 9.44 Å². The van der Waals surface area contributed by atoms with Crippen LogP contribution in [0.2, 0.25) is 0 Å². The first-order valence-electron chi connectivity index (χ1n) is 9.96. The highest BCUT2D eigenvalue weighted by molar-refractivity contribution is 8.01. The number of ether oxygens (including phenoxy) is 2. The second-order valence-electron chi connectivity index (χ2n) is 6.84. The minimum atomic E-state index is 0.589. The molecule has 0 aliphatic rings. The van der Waals surface area contributed by atoms with Gasteiger partial charge in [-0.15, -0.1) is 0 Å². The van der Waals surface area contributed by atoms with Crippen LogP contribution < -0.4 is 18.9 Å². The van der Waals surface area contributed by atoms with Crippen LogP contribution in [0.25, 0.3) is 0 Å². The molecular formula is C26H18N4O2S. The molecule has 0 saturated heterocycles. The molecule has 0 bridgehead atoms. The van der Waals surface area contributed by atoms with Crippen molar-refractivity contribution in [2.24, 2.45) is 0 Å². The lowest BCUT2D eigenvalue weighted by molar-refractivity contribution is 0.482. The Labute approximate surface area is 196 Å². The van der Waals surface area contributed by atoms with Crippen LogP contribution >= 0.6 is 12.1 Å². The molecule has 0 unspecified atom stereocenters. The third-order valence-electron chi connectivity index (χ3n) is 4.44. The molecule has 0 amide bonds. The molecule has 160 valence electrons. The van der Waals surface area contributed by atoms with Gasteiger partial charge in [-0.05, 0) is 72.8 Å². The summed E-state index contributed by atoms with van der Waals surface area (Å²) in [5, 5.41) is 17.8. The highest BCUT2D eigenvalue weighted by atomic mass is 32.2. The molecule has 0 saturated carbocycles. The molecule has 0 heterocycles. The molecule has 0 aromatic heterocycles. The summed E-state index contributed by atoms with van der Waals surface area (Å²) in [5.41, 5.74) is 2.91. The average Bonchev–Trinajstić information content (AvgIpc) is 2.86. The molecule has 0 radical (unpaired) electrons. The Morgan fingerprint density at radius 3 is 1.36 bits per heavy atom. The number of rotatable bonds is 8. The SMILES string of the molecule is N#Cc1ccc(Oc2cccc(NSNc3cccc(Oc4ccc(C#N)cc4)c3)c2)cc1. The van der Waals surface area contributed by atoms with E-state index in [1.807, 2.05) is 48.5 Å². The molecule has 2 N–H and O–H groups in total. The number of nitrogens with zero attached hydrogens (tertiary/aromatic N) is 2. The first kappa shape index (κ1) is 21.6. The van der Waals surface area contributed by atoms with Crippen molar-refractivity contribution >= 4 is 23.5 Å². The predicted octanol–water partition coefficient (Wildman–Crippen LogP) is 7.10. The van der Waals surface area contributed by atoms with Crippen molar-refractivity contribution in [3.05, 3.63) is 108 Å². The summed E-state index contributed by atoms with van der Waals surface area (Å²) in [4.78, 5) is 0. The summed E-state index contributed by atoms with van der Waals surface area (Å²) in [6.45, 7) is 0. The van der Waals surface area contributed by atoms with Crippen molar-refractivity contribution in [2.45, 2.75) is 0 Å². The van der Waals surface area contributed by atoms with E-state index in [0.29, 0.717) is 34.1 Å². The van der Waals surface area contributed by atoms with Crippen LogP contribution in [0.5, 0.6) is 23.0 Å². The summed E-state index contributed by atoms with van der Waals surface area (Å²) in [6.07, 6.45) is 0. The molecule has 33 heavy (non-hydrogen) atoms. The fraction of sp³-hybridized carbons (Fsp3) is 0. The summed E-state index contributed by atoms with van der Waals surface area (Å²) < 4.78 is 18.2. The van der Waals surface area contributed by atoms with Crippen LogP contribution in [0.1, 0.15) is 11.1 Å². The fourth-order valence-corrected chi connectivity index (χ4v) is 3.40. The maximum absolute atomic E-state index is 8.89. The van der Waals surface area contributed by atoms with E-state index in [1.54, 1.807) is 48.5 Å². The molecule has 4 aromatic rings. The van der Waals surface area contributed by atoms with Crippen molar-refractivity contribution in [1.29, 1.82) is 10.5 Å².